The zero-order valence-electron chi connectivity index (χ0n) is 10.5. The molecule has 0 aromatic rings. The van der Waals surface area contributed by atoms with E-state index in [1.807, 2.05) is 13.8 Å². The highest BCUT2D eigenvalue weighted by Gasteiger charge is 2.40. The molecule has 0 aliphatic heterocycles. The molecule has 0 aromatic carbocycles. The number of rotatable bonds is 8. The lowest BCUT2D eigenvalue weighted by Gasteiger charge is -2.39. The van der Waals surface area contributed by atoms with Gasteiger partial charge in [0.25, 0.3) is 0 Å². The Morgan fingerprint density at radius 1 is 1.38 bits per heavy atom. The number of hydrogen-bond donors (Lipinski definition) is 3. The van der Waals surface area contributed by atoms with E-state index in [0.717, 1.165) is 0 Å². The Balaban J connectivity index is 4.91. The lowest BCUT2D eigenvalue weighted by Crippen LogP contribution is -2.63. The molecule has 0 aliphatic rings. The number of carbonyl (C=O) groups is 1. The highest BCUT2D eigenvalue weighted by Crippen LogP contribution is 2.19. The van der Waals surface area contributed by atoms with Crippen molar-refractivity contribution in [3.05, 3.63) is 0 Å². The van der Waals surface area contributed by atoms with Crippen molar-refractivity contribution in [2.75, 3.05) is 20.3 Å². The minimum atomic E-state index is -1.18. The molecule has 5 nitrogen and oxygen atoms in total. The molecule has 0 rings (SSSR count). The number of aliphatic hydroxyl groups excluding tert-OH is 1. The van der Waals surface area contributed by atoms with Gasteiger partial charge in [0.15, 0.2) is 0 Å². The minimum absolute atomic E-state index is 0.0596. The second kappa shape index (κ2) is 6.18. The summed E-state index contributed by atoms with van der Waals surface area (Å²) >= 11 is 0. The first-order chi connectivity index (χ1) is 7.39. The minimum Gasteiger partial charge on any atom is -0.480 e. The number of carboxylic acid groups (broad SMARTS) is 1. The third-order valence-corrected chi connectivity index (χ3v) is 3.10. The van der Waals surface area contributed by atoms with Crippen LogP contribution in [0.4, 0.5) is 0 Å². The van der Waals surface area contributed by atoms with Gasteiger partial charge < -0.3 is 14.9 Å². The first-order valence-corrected chi connectivity index (χ1v) is 5.52. The van der Waals surface area contributed by atoms with Crippen LogP contribution in [-0.2, 0) is 9.53 Å². The van der Waals surface area contributed by atoms with Crippen LogP contribution in [0.1, 0.15) is 33.6 Å². The predicted molar refractivity (Wildman–Crippen MR) is 61.5 cm³/mol. The monoisotopic (exact) mass is 233 g/mol. The Morgan fingerprint density at radius 3 is 2.12 bits per heavy atom. The molecule has 5 heteroatoms. The van der Waals surface area contributed by atoms with Gasteiger partial charge in [0.2, 0.25) is 0 Å². The molecule has 1 unspecified atom stereocenters. The Labute approximate surface area is 96.8 Å². The van der Waals surface area contributed by atoms with Gasteiger partial charge in [-0.25, -0.2) is 0 Å². The number of carboxylic acids is 1. The maximum atomic E-state index is 11.2. The summed E-state index contributed by atoms with van der Waals surface area (Å²) in [5.41, 5.74) is -1.74. The van der Waals surface area contributed by atoms with Gasteiger partial charge in [-0.2, -0.15) is 0 Å². The van der Waals surface area contributed by atoms with Gasteiger partial charge in [0.1, 0.15) is 5.54 Å². The van der Waals surface area contributed by atoms with E-state index in [1.54, 1.807) is 6.92 Å². The SMILES string of the molecule is CCC(CC)(CO)NC(C)(COC)C(=O)O. The molecule has 0 heterocycles. The Kier molecular flexibility index (Phi) is 5.92. The van der Waals surface area contributed by atoms with Gasteiger partial charge in [-0.15, -0.1) is 0 Å². The summed E-state index contributed by atoms with van der Waals surface area (Å²) in [7, 11) is 1.46. The summed E-state index contributed by atoms with van der Waals surface area (Å²) in [6, 6.07) is 0. The number of methoxy groups -OCH3 is 1. The Bertz CT molecular complexity index is 220. The van der Waals surface area contributed by atoms with E-state index >= 15 is 0 Å². The van der Waals surface area contributed by atoms with Crippen molar-refractivity contribution in [3.63, 3.8) is 0 Å². The molecule has 1 atom stereocenters. The summed E-state index contributed by atoms with van der Waals surface area (Å²) in [4.78, 5) is 11.2. The largest absolute Gasteiger partial charge is 0.480 e. The molecule has 0 fully saturated rings. The molecule has 3 N–H and O–H groups in total. The molecule has 0 radical (unpaired) electrons. The van der Waals surface area contributed by atoms with E-state index < -0.39 is 17.0 Å². The molecule has 0 amide bonds. The van der Waals surface area contributed by atoms with Gasteiger partial charge in [-0.05, 0) is 19.8 Å². The first kappa shape index (κ1) is 15.3. The highest BCUT2D eigenvalue weighted by atomic mass is 16.5. The maximum Gasteiger partial charge on any atom is 0.326 e. The van der Waals surface area contributed by atoms with Crippen LogP contribution in [0.25, 0.3) is 0 Å². The lowest BCUT2D eigenvalue weighted by atomic mass is 9.89. The molecular formula is C11H23NO4. The van der Waals surface area contributed by atoms with Crippen molar-refractivity contribution in [3.8, 4) is 0 Å². The van der Waals surface area contributed by atoms with Crippen LogP contribution in [0.3, 0.4) is 0 Å². The van der Waals surface area contributed by atoms with Crippen molar-refractivity contribution in [1.82, 2.24) is 5.32 Å². The standard InChI is InChI=1S/C11H23NO4/c1-5-11(6-2,7-13)12-10(3,8-16-4)9(14)15/h12-13H,5-8H2,1-4H3,(H,14,15). The van der Waals surface area contributed by atoms with E-state index in [0.29, 0.717) is 12.8 Å². The Morgan fingerprint density at radius 2 is 1.88 bits per heavy atom. The van der Waals surface area contributed by atoms with E-state index in [2.05, 4.69) is 5.32 Å². The van der Waals surface area contributed by atoms with Crippen LogP contribution in [0.2, 0.25) is 0 Å². The van der Waals surface area contributed by atoms with Gasteiger partial charge in [0, 0.05) is 12.6 Å². The average molecular weight is 233 g/mol. The fraction of sp³-hybridized carbons (Fsp3) is 0.909. The van der Waals surface area contributed by atoms with E-state index in [-0.39, 0.29) is 13.2 Å². The van der Waals surface area contributed by atoms with Crippen molar-refractivity contribution in [2.24, 2.45) is 0 Å². The molecular weight excluding hydrogens is 210 g/mol. The van der Waals surface area contributed by atoms with Crippen molar-refractivity contribution < 1.29 is 19.7 Å². The third kappa shape index (κ3) is 3.43. The van der Waals surface area contributed by atoms with Crippen LogP contribution in [0.5, 0.6) is 0 Å². The smallest absolute Gasteiger partial charge is 0.326 e. The number of aliphatic hydroxyl groups is 1. The molecule has 0 aromatic heterocycles. The zero-order valence-corrected chi connectivity index (χ0v) is 10.5. The van der Waals surface area contributed by atoms with Gasteiger partial charge in [-0.3, -0.25) is 10.1 Å². The molecule has 0 spiro atoms. The van der Waals surface area contributed by atoms with Gasteiger partial charge in [-0.1, -0.05) is 13.8 Å². The fourth-order valence-electron chi connectivity index (χ4n) is 1.72. The fourth-order valence-corrected chi connectivity index (χ4v) is 1.72. The summed E-state index contributed by atoms with van der Waals surface area (Å²) in [5.74, 6) is -0.978. The maximum absolute atomic E-state index is 11.2. The van der Waals surface area contributed by atoms with Gasteiger partial charge in [0.05, 0.1) is 13.2 Å². The molecule has 0 bridgehead atoms. The summed E-state index contributed by atoms with van der Waals surface area (Å²) in [5, 5.41) is 21.6. The lowest BCUT2D eigenvalue weighted by molar-refractivity contribution is -0.148. The summed E-state index contributed by atoms with van der Waals surface area (Å²) in [6.07, 6.45) is 1.32. The Hall–Kier alpha value is -0.650. The highest BCUT2D eigenvalue weighted by molar-refractivity contribution is 5.78. The quantitative estimate of drug-likeness (QED) is 0.572. The second-order valence-electron chi connectivity index (χ2n) is 4.34. The van der Waals surface area contributed by atoms with Crippen LogP contribution in [0, 0.1) is 0 Å². The van der Waals surface area contributed by atoms with E-state index in [4.69, 9.17) is 4.74 Å². The number of hydrogen-bond acceptors (Lipinski definition) is 4. The number of aliphatic carboxylic acids is 1. The third-order valence-electron chi connectivity index (χ3n) is 3.10. The molecule has 0 aliphatic carbocycles. The van der Waals surface area contributed by atoms with Crippen LogP contribution < -0.4 is 5.32 Å². The predicted octanol–water partition coefficient (Wildman–Crippen LogP) is 0.617. The first-order valence-electron chi connectivity index (χ1n) is 5.52. The van der Waals surface area contributed by atoms with Crippen molar-refractivity contribution in [2.45, 2.75) is 44.7 Å². The average Bonchev–Trinajstić information content (AvgIpc) is 2.26. The normalized spacial score (nSPS) is 15.8. The van der Waals surface area contributed by atoms with Crippen molar-refractivity contribution in [1.29, 1.82) is 0 Å². The van der Waals surface area contributed by atoms with E-state index in [1.165, 1.54) is 7.11 Å². The van der Waals surface area contributed by atoms with Crippen LogP contribution in [-0.4, -0.2) is 47.6 Å². The molecule has 0 saturated heterocycles. The molecule has 96 valence electrons. The summed E-state index contributed by atoms with van der Waals surface area (Å²) in [6.45, 7) is 5.37. The van der Waals surface area contributed by atoms with Crippen LogP contribution in [0.15, 0.2) is 0 Å². The number of ether oxygens (including phenoxy) is 1. The summed E-state index contributed by atoms with van der Waals surface area (Å²) < 4.78 is 4.92. The topological polar surface area (TPSA) is 78.8 Å². The number of nitrogens with one attached hydrogen (secondary N) is 1. The van der Waals surface area contributed by atoms with Crippen molar-refractivity contribution >= 4 is 5.97 Å². The van der Waals surface area contributed by atoms with Crippen LogP contribution >= 0.6 is 0 Å². The van der Waals surface area contributed by atoms with E-state index in [9.17, 15) is 15.0 Å². The molecule has 16 heavy (non-hydrogen) atoms. The molecule has 0 saturated carbocycles. The van der Waals surface area contributed by atoms with Gasteiger partial charge >= 0.3 is 5.97 Å². The zero-order chi connectivity index (χ0) is 12.8. The second-order valence-corrected chi connectivity index (χ2v) is 4.34.